The molecule has 1 unspecified atom stereocenters. The molecule has 0 spiro atoms. The van der Waals surface area contributed by atoms with Gasteiger partial charge in [0.2, 0.25) is 0 Å². The molecule has 12 heteroatoms. The second-order valence-electron chi connectivity index (χ2n) is 9.72. The maximum absolute atomic E-state index is 13.3. The maximum Gasteiger partial charge on any atom is 0.415 e. The molecule has 3 aromatic rings. The molecule has 1 aliphatic heterocycles. The molecule has 4 rings (SSSR count). The predicted molar refractivity (Wildman–Crippen MR) is 131 cm³/mol. The Balaban J connectivity index is 1.79. The summed E-state index contributed by atoms with van der Waals surface area (Å²) in [6, 6.07) is 5.06. The van der Waals surface area contributed by atoms with Crippen LogP contribution in [0.4, 0.5) is 22.1 Å². The van der Waals surface area contributed by atoms with Gasteiger partial charge in [-0.2, -0.15) is 9.61 Å². The minimum Gasteiger partial charge on any atom is -0.443 e. The summed E-state index contributed by atoms with van der Waals surface area (Å²) in [7, 11) is 1.51. The highest BCUT2D eigenvalue weighted by Gasteiger charge is 2.30. The number of rotatable bonds is 5. The van der Waals surface area contributed by atoms with Gasteiger partial charge in [0.05, 0.1) is 12.4 Å². The third kappa shape index (κ3) is 4.56. The molecule has 1 fully saturated rings. The Morgan fingerprint density at radius 1 is 1.31 bits per heavy atom. The molecule has 35 heavy (non-hydrogen) atoms. The Bertz CT molecular complexity index is 1370. The average Bonchev–Trinajstić information content (AvgIpc) is 3.19. The normalized spacial score (nSPS) is 17.7. The number of nitrogens with two attached hydrogens (primary N) is 1. The molecule has 0 bridgehead atoms. The van der Waals surface area contributed by atoms with Gasteiger partial charge in [-0.25, -0.2) is 9.78 Å². The molecule has 0 saturated carbocycles. The molecular formula is C23H30N8O4. The summed E-state index contributed by atoms with van der Waals surface area (Å²) in [6.07, 6.45) is 0.559. The summed E-state index contributed by atoms with van der Waals surface area (Å²) in [5, 5.41) is 10.5. The number of carbonyl (C=O) groups excluding carboxylic acids is 2. The van der Waals surface area contributed by atoms with E-state index in [-0.39, 0.29) is 34.6 Å². The fraction of sp³-hybridized carbons (Fsp3) is 0.435. The van der Waals surface area contributed by atoms with Crippen molar-refractivity contribution in [3.8, 4) is 0 Å². The third-order valence-corrected chi connectivity index (χ3v) is 5.78. The molecule has 0 radical (unpaired) electrons. The Labute approximate surface area is 202 Å². The van der Waals surface area contributed by atoms with Crippen LogP contribution in [-0.4, -0.2) is 50.4 Å². The second kappa shape index (κ2) is 8.69. The van der Waals surface area contributed by atoms with Crippen LogP contribution in [0.1, 0.15) is 49.9 Å². The number of aryl methyl sites for hydroxylation is 1. The molecule has 3 aromatic heterocycles. The molecule has 2 atom stereocenters. The number of primary amides is 1. The minimum atomic E-state index is -0.724. The van der Waals surface area contributed by atoms with Gasteiger partial charge in [-0.05, 0) is 39.8 Å². The second-order valence-corrected chi connectivity index (χ2v) is 9.72. The standard InChI is InChI=1S/C23H30N8O4/c1-12-10-25-19(12)30-13(2)7-8-15(21(30)33)27-16-9-17(29(6)22(34)35-23(3,4)5)31-20(28-16)14(11-26-31)18(24)32/h7-9,11-12,19,25H,10H2,1-6H3,(H2,24,32)(H,27,28)/t12?,19-/m0/s1. The third-order valence-electron chi connectivity index (χ3n) is 5.78. The molecule has 0 aliphatic carbocycles. The lowest BCUT2D eigenvalue weighted by Gasteiger charge is -2.38. The quantitative estimate of drug-likeness (QED) is 0.501. The van der Waals surface area contributed by atoms with Gasteiger partial charge in [0.25, 0.3) is 11.5 Å². The monoisotopic (exact) mass is 482 g/mol. The number of hydrogen-bond acceptors (Lipinski definition) is 8. The molecule has 1 aliphatic rings. The Kier molecular flexibility index (Phi) is 6.01. The topological polar surface area (TPSA) is 149 Å². The van der Waals surface area contributed by atoms with Crippen molar-refractivity contribution in [1.82, 2.24) is 24.5 Å². The Morgan fingerprint density at radius 2 is 2.03 bits per heavy atom. The molecule has 0 aromatic carbocycles. The number of fused-ring (bicyclic) bond motifs is 1. The summed E-state index contributed by atoms with van der Waals surface area (Å²) < 4.78 is 8.50. The minimum absolute atomic E-state index is 0.0706. The van der Waals surface area contributed by atoms with Gasteiger partial charge in [0.1, 0.15) is 28.5 Å². The van der Waals surface area contributed by atoms with Gasteiger partial charge in [0.15, 0.2) is 5.65 Å². The number of nitrogens with one attached hydrogen (secondary N) is 2. The number of nitrogens with zero attached hydrogens (tertiary/aromatic N) is 5. The summed E-state index contributed by atoms with van der Waals surface area (Å²) >= 11 is 0. The molecule has 4 heterocycles. The largest absolute Gasteiger partial charge is 0.443 e. The van der Waals surface area contributed by atoms with Crippen molar-refractivity contribution in [1.29, 1.82) is 0 Å². The number of carbonyl (C=O) groups is 2. The highest BCUT2D eigenvalue weighted by Crippen LogP contribution is 2.26. The zero-order valence-corrected chi connectivity index (χ0v) is 20.6. The SMILES string of the molecule is Cc1ccc(Nc2cc(N(C)C(=O)OC(C)(C)C)n3ncc(C(N)=O)c3n2)c(=O)n1[C@@H]1NCC1C. The fourth-order valence-corrected chi connectivity index (χ4v) is 3.88. The average molecular weight is 483 g/mol. The Hall–Kier alpha value is -3.93. The summed E-state index contributed by atoms with van der Waals surface area (Å²) in [4.78, 5) is 43.7. The first-order valence-corrected chi connectivity index (χ1v) is 11.2. The van der Waals surface area contributed by atoms with Crippen LogP contribution < -0.4 is 26.8 Å². The smallest absolute Gasteiger partial charge is 0.415 e. The van der Waals surface area contributed by atoms with Crippen molar-refractivity contribution in [3.05, 3.63) is 46.0 Å². The fourth-order valence-electron chi connectivity index (χ4n) is 3.88. The van der Waals surface area contributed by atoms with Crippen LogP contribution in [-0.2, 0) is 4.74 Å². The zero-order chi connectivity index (χ0) is 25.7. The van der Waals surface area contributed by atoms with Gasteiger partial charge < -0.3 is 15.8 Å². The van der Waals surface area contributed by atoms with Gasteiger partial charge in [-0.15, -0.1) is 0 Å². The molecule has 186 valence electrons. The van der Waals surface area contributed by atoms with E-state index in [0.717, 1.165) is 12.2 Å². The lowest BCUT2D eigenvalue weighted by Crippen LogP contribution is -2.51. The Morgan fingerprint density at radius 3 is 2.60 bits per heavy atom. The number of hydrogen-bond donors (Lipinski definition) is 3. The highest BCUT2D eigenvalue weighted by molar-refractivity contribution is 5.99. The van der Waals surface area contributed by atoms with Gasteiger partial charge in [-0.3, -0.25) is 24.4 Å². The molecule has 1 saturated heterocycles. The van der Waals surface area contributed by atoms with E-state index in [9.17, 15) is 14.4 Å². The number of ether oxygens (including phenoxy) is 1. The van der Waals surface area contributed by atoms with Crippen LogP contribution in [0.2, 0.25) is 0 Å². The molecular weight excluding hydrogens is 452 g/mol. The van der Waals surface area contributed by atoms with Gasteiger partial charge >= 0.3 is 6.09 Å². The van der Waals surface area contributed by atoms with Crippen LogP contribution in [0.5, 0.6) is 0 Å². The van der Waals surface area contributed by atoms with Crippen molar-refractivity contribution in [2.45, 2.75) is 46.4 Å². The molecule has 2 amide bonds. The van der Waals surface area contributed by atoms with E-state index in [0.29, 0.717) is 11.6 Å². The highest BCUT2D eigenvalue weighted by atomic mass is 16.6. The maximum atomic E-state index is 13.3. The van der Waals surface area contributed by atoms with E-state index >= 15 is 0 Å². The van der Waals surface area contributed by atoms with Crippen molar-refractivity contribution >= 4 is 35.0 Å². The van der Waals surface area contributed by atoms with E-state index in [1.54, 1.807) is 37.5 Å². The number of amides is 2. The zero-order valence-electron chi connectivity index (χ0n) is 20.6. The van der Waals surface area contributed by atoms with Crippen LogP contribution in [0.25, 0.3) is 5.65 Å². The first-order chi connectivity index (χ1) is 16.4. The molecule has 4 N–H and O–H groups in total. The first kappa shape index (κ1) is 24.2. The lowest BCUT2D eigenvalue weighted by molar-refractivity contribution is 0.0587. The van der Waals surface area contributed by atoms with Crippen molar-refractivity contribution < 1.29 is 14.3 Å². The number of aromatic nitrogens is 4. The van der Waals surface area contributed by atoms with Crippen LogP contribution >= 0.6 is 0 Å². The lowest BCUT2D eigenvalue weighted by atomic mass is 10.0. The summed E-state index contributed by atoms with van der Waals surface area (Å²) in [5.74, 6) is 0.0855. The van der Waals surface area contributed by atoms with E-state index in [1.165, 1.54) is 22.7 Å². The van der Waals surface area contributed by atoms with E-state index in [4.69, 9.17) is 10.5 Å². The van der Waals surface area contributed by atoms with Crippen LogP contribution in [0.15, 0.2) is 29.2 Å². The van der Waals surface area contributed by atoms with Crippen molar-refractivity contribution in [3.63, 3.8) is 0 Å². The van der Waals surface area contributed by atoms with Crippen LogP contribution in [0, 0.1) is 12.8 Å². The number of pyridine rings is 1. The van der Waals surface area contributed by atoms with E-state index in [2.05, 4.69) is 27.6 Å². The van der Waals surface area contributed by atoms with Gasteiger partial charge in [0, 0.05) is 31.3 Å². The number of anilines is 3. The van der Waals surface area contributed by atoms with Gasteiger partial charge in [-0.1, -0.05) is 6.92 Å². The summed E-state index contributed by atoms with van der Waals surface area (Å²) in [6.45, 7) is 10.1. The van der Waals surface area contributed by atoms with Crippen LogP contribution in [0.3, 0.4) is 0 Å². The molecule has 12 nitrogen and oxygen atoms in total. The van der Waals surface area contributed by atoms with E-state index < -0.39 is 17.6 Å². The van der Waals surface area contributed by atoms with E-state index in [1.807, 2.05) is 13.0 Å². The van der Waals surface area contributed by atoms with Crippen molar-refractivity contribution in [2.75, 3.05) is 23.8 Å². The predicted octanol–water partition coefficient (Wildman–Crippen LogP) is 2.15. The van der Waals surface area contributed by atoms with Crippen molar-refractivity contribution in [2.24, 2.45) is 11.7 Å². The summed E-state index contributed by atoms with van der Waals surface area (Å²) in [5.41, 5.74) is 5.88. The first-order valence-electron chi connectivity index (χ1n) is 11.2.